The van der Waals surface area contributed by atoms with Crippen LogP contribution in [-0.4, -0.2) is 41.6 Å². The number of methoxy groups -OCH3 is 1. The molecule has 5 nitrogen and oxygen atoms in total. The molecular weight excluding hydrogens is 372 g/mol. The molecule has 0 fully saturated rings. The largest absolute Gasteiger partial charge is 0.467 e. The van der Waals surface area contributed by atoms with Crippen molar-refractivity contribution in [3.63, 3.8) is 0 Å². The number of carbonyl (C=O) groups excluding carboxylic acids is 2. The predicted molar refractivity (Wildman–Crippen MR) is 114 cm³/mol. The fourth-order valence-electron chi connectivity index (χ4n) is 3.19. The van der Waals surface area contributed by atoms with Gasteiger partial charge in [-0.15, -0.1) is 0 Å². The molecule has 146 valence electrons. The van der Waals surface area contributed by atoms with Crippen LogP contribution in [0, 0.1) is 0 Å². The maximum Gasteiger partial charge on any atom is 0.328 e. The lowest BCUT2D eigenvalue weighted by Crippen LogP contribution is -2.42. The molecule has 0 aliphatic carbocycles. The third kappa shape index (κ3) is 4.57. The van der Waals surface area contributed by atoms with E-state index in [1.54, 1.807) is 11.8 Å². The van der Waals surface area contributed by atoms with E-state index in [0.29, 0.717) is 18.7 Å². The molecule has 1 heterocycles. The fraction of sp³-hybridized carbons (Fsp3) is 0.273. The Morgan fingerprint density at radius 3 is 2.54 bits per heavy atom. The molecule has 1 atom stereocenters. The number of esters is 1. The summed E-state index contributed by atoms with van der Waals surface area (Å²) in [6.07, 6.45) is 2.49. The lowest BCUT2D eigenvalue weighted by atomic mass is 10.2. The predicted octanol–water partition coefficient (Wildman–Crippen LogP) is 3.71. The van der Waals surface area contributed by atoms with Gasteiger partial charge in [-0.2, -0.15) is 11.8 Å². The molecule has 0 aliphatic rings. The number of fused-ring (bicyclic) bond motifs is 1. The number of para-hydroxylation sites is 1. The van der Waals surface area contributed by atoms with Crippen LogP contribution in [-0.2, 0) is 16.1 Å². The minimum atomic E-state index is -0.659. The van der Waals surface area contributed by atoms with Crippen LogP contribution in [0.25, 0.3) is 10.9 Å². The number of carbonyl (C=O) groups is 2. The normalized spacial score (nSPS) is 11.9. The van der Waals surface area contributed by atoms with Gasteiger partial charge in [0.1, 0.15) is 11.7 Å². The van der Waals surface area contributed by atoms with Gasteiger partial charge in [-0.25, -0.2) is 4.79 Å². The number of ether oxygens (including phenoxy) is 1. The van der Waals surface area contributed by atoms with Gasteiger partial charge in [-0.1, -0.05) is 48.5 Å². The van der Waals surface area contributed by atoms with Crippen LogP contribution in [0.15, 0.2) is 60.7 Å². The molecule has 0 saturated carbocycles. The average molecular weight is 397 g/mol. The topological polar surface area (TPSA) is 60.3 Å². The number of aromatic nitrogens is 1. The van der Waals surface area contributed by atoms with Crippen molar-refractivity contribution in [3.05, 3.63) is 71.9 Å². The van der Waals surface area contributed by atoms with Gasteiger partial charge in [0.25, 0.3) is 5.91 Å². The molecule has 1 aromatic heterocycles. The van der Waals surface area contributed by atoms with Crippen molar-refractivity contribution in [3.8, 4) is 0 Å². The Morgan fingerprint density at radius 1 is 1.11 bits per heavy atom. The summed E-state index contributed by atoms with van der Waals surface area (Å²) >= 11 is 1.63. The van der Waals surface area contributed by atoms with Crippen molar-refractivity contribution >= 4 is 34.5 Å². The Balaban J connectivity index is 1.93. The summed E-state index contributed by atoms with van der Waals surface area (Å²) in [6.45, 7) is 0.574. The Labute approximate surface area is 169 Å². The van der Waals surface area contributed by atoms with Gasteiger partial charge >= 0.3 is 5.97 Å². The van der Waals surface area contributed by atoms with Gasteiger partial charge < -0.3 is 14.6 Å². The molecule has 0 unspecified atom stereocenters. The van der Waals surface area contributed by atoms with Crippen LogP contribution < -0.4 is 5.32 Å². The van der Waals surface area contributed by atoms with Gasteiger partial charge in [-0.05, 0) is 36.1 Å². The second-order valence-corrected chi connectivity index (χ2v) is 7.48. The maximum atomic E-state index is 13.1. The highest BCUT2D eigenvalue weighted by atomic mass is 32.2. The molecule has 6 heteroatoms. The Bertz CT molecular complexity index is 953. The molecule has 28 heavy (non-hydrogen) atoms. The highest BCUT2D eigenvalue weighted by Crippen LogP contribution is 2.22. The quantitative estimate of drug-likeness (QED) is 0.590. The van der Waals surface area contributed by atoms with Crippen molar-refractivity contribution in [1.82, 2.24) is 9.88 Å². The van der Waals surface area contributed by atoms with E-state index in [1.807, 2.05) is 71.5 Å². The molecule has 0 spiro atoms. The van der Waals surface area contributed by atoms with E-state index >= 15 is 0 Å². The summed E-state index contributed by atoms with van der Waals surface area (Å²) in [5, 5.41) is 3.85. The zero-order chi connectivity index (χ0) is 19.9. The molecule has 0 saturated heterocycles. The van der Waals surface area contributed by atoms with Gasteiger partial charge in [0, 0.05) is 17.4 Å². The van der Waals surface area contributed by atoms with Gasteiger partial charge in [0.2, 0.25) is 0 Å². The second kappa shape index (κ2) is 9.46. The van der Waals surface area contributed by atoms with Crippen LogP contribution in [0.1, 0.15) is 22.5 Å². The van der Waals surface area contributed by atoms with Crippen LogP contribution in [0.4, 0.5) is 0 Å². The highest BCUT2D eigenvalue weighted by Gasteiger charge is 2.24. The van der Waals surface area contributed by atoms with Crippen molar-refractivity contribution in [2.45, 2.75) is 19.0 Å². The minimum absolute atomic E-state index is 0.274. The lowest BCUT2D eigenvalue weighted by Gasteiger charge is -2.17. The summed E-state index contributed by atoms with van der Waals surface area (Å²) in [4.78, 5) is 25.2. The molecule has 1 amide bonds. The van der Waals surface area contributed by atoms with Crippen LogP contribution in [0.3, 0.4) is 0 Å². The van der Waals surface area contributed by atoms with E-state index in [2.05, 4.69) is 5.32 Å². The van der Waals surface area contributed by atoms with E-state index in [-0.39, 0.29) is 5.91 Å². The maximum absolute atomic E-state index is 13.1. The number of nitrogens with one attached hydrogen (secondary N) is 1. The van der Waals surface area contributed by atoms with Crippen molar-refractivity contribution in [2.24, 2.45) is 0 Å². The second-order valence-electron chi connectivity index (χ2n) is 6.49. The van der Waals surface area contributed by atoms with Crippen LogP contribution in [0.2, 0.25) is 0 Å². The van der Waals surface area contributed by atoms with E-state index in [1.165, 1.54) is 7.11 Å². The molecule has 3 rings (SSSR count). The molecule has 2 aromatic carbocycles. The first-order chi connectivity index (χ1) is 13.6. The zero-order valence-corrected chi connectivity index (χ0v) is 16.9. The molecule has 0 radical (unpaired) electrons. The monoisotopic (exact) mass is 396 g/mol. The van der Waals surface area contributed by atoms with Crippen molar-refractivity contribution < 1.29 is 14.3 Å². The SMILES string of the molecule is COC(=O)[C@@H](CCSC)NC(=O)c1cc2ccccc2n1Cc1ccccc1. The molecular formula is C22H24N2O3S. The number of rotatable bonds is 8. The van der Waals surface area contributed by atoms with E-state index < -0.39 is 12.0 Å². The molecule has 0 bridgehead atoms. The number of amides is 1. The molecule has 1 N–H and O–H groups in total. The number of benzene rings is 2. The number of thioether (sulfide) groups is 1. The average Bonchev–Trinajstić information content (AvgIpc) is 3.09. The first-order valence-corrected chi connectivity index (χ1v) is 10.5. The highest BCUT2D eigenvalue weighted by molar-refractivity contribution is 7.98. The van der Waals surface area contributed by atoms with Crippen molar-refractivity contribution in [2.75, 3.05) is 19.1 Å². The number of nitrogens with zero attached hydrogens (tertiary/aromatic N) is 1. The fourth-order valence-corrected chi connectivity index (χ4v) is 3.67. The van der Waals surface area contributed by atoms with Gasteiger partial charge in [-0.3, -0.25) is 4.79 Å². The molecule has 3 aromatic rings. The number of hydrogen-bond acceptors (Lipinski definition) is 4. The van der Waals surface area contributed by atoms with E-state index in [9.17, 15) is 9.59 Å². The molecule has 0 aliphatic heterocycles. The van der Waals surface area contributed by atoms with E-state index in [0.717, 1.165) is 22.2 Å². The third-order valence-corrected chi connectivity index (χ3v) is 5.27. The first kappa shape index (κ1) is 20.0. The number of hydrogen-bond donors (Lipinski definition) is 1. The van der Waals surface area contributed by atoms with Crippen LogP contribution >= 0.6 is 11.8 Å². The third-order valence-electron chi connectivity index (χ3n) is 4.63. The summed E-state index contributed by atoms with van der Waals surface area (Å²) in [7, 11) is 1.34. The Kier molecular flexibility index (Phi) is 6.76. The first-order valence-electron chi connectivity index (χ1n) is 9.14. The Morgan fingerprint density at radius 2 is 1.82 bits per heavy atom. The van der Waals surface area contributed by atoms with Gasteiger partial charge in [0.15, 0.2) is 0 Å². The zero-order valence-electron chi connectivity index (χ0n) is 16.1. The van der Waals surface area contributed by atoms with Crippen LogP contribution in [0.5, 0.6) is 0 Å². The summed E-state index contributed by atoms with van der Waals surface area (Å²) < 4.78 is 6.85. The van der Waals surface area contributed by atoms with Gasteiger partial charge in [0.05, 0.1) is 7.11 Å². The summed E-state index contributed by atoms with van der Waals surface area (Å²) in [5.41, 5.74) is 2.61. The Hall–Kier alpha value is -2.73. The smallest absolute Gasteiger partial charge is 0.328 e. The lowest BCUT2D eigenvalue weighted by molar-refractivity contribution is -0.142. The van der Waals surface area contributed by atoms with E-state index in [4.69, 9.17) is 4.74 Å². The van der Waals surface area contributed by atoms with Crippen molar-refractivity contribution in [1.29, 1.82) is 0 Å². The standard InChI is InChI=1S/C22H24N2O3S/c1-27-22(26)18(12-13-28-2)23-21(25)20-14-17-10-6-7-11-19(17)24(20)15-16-8-4-3-5-9-16/h3-11,14,18H,12-13,15H2,1-2H3,(H,23,25)/t18-/m1/s1. The summed E-state index contributed by atoms with van der Waals surface area (Å²) in [6, 6.07) is 19.1. The minimum Gasteiger partial charge on any atom is -0.467 e. The summed E-state index contributed by atoms with van der Waals surface area (Å²) in [5.74, 6) is 0.0595.